The lowest BCUT2D eigenvalue weighted by Gasteiger charge is -2.12. The first-order chi connectivity index (χ1) is 7.59. The highest BCUT2D eigenvalue weighted by atomic mass is 15.2. The average molecular weight is 223 g/mol. The lowest BCUT2D eigenvalue weighted by molar-refractivity contribution is 0.510. The smallest absolute Gasteiger partial charge is 0.202 e. The van der Waals surface area contributed by atoms with Crippen molar-refractivity contribution in [3.8, 4) is 0 Å². The molecule has 3 nitrogen and oxygen atoms in total. The van der Waals surface area contributed by atoms with Gasteiger partial charge in [0.1, 0.15) is 0 Å². The van der Waals surface area contributed by atoms with Crippen LogP contribution in [0.4, 0.5) is 5.95 Å². The van der Waals surface area contributed by atoms with Crippen molar-refractivity contribution in [1.29, 1.82) is 0 Å². The van der Waals surface area contributed by atoms with Crippen LogP contribution in [-0.2, 0) is 6.54 Å². The van der Waals surface area contributed by atoms with E-state index < -0.39 is 0 Å². The molecule has 0 saturated heterocycles. The molecule has 0 saturated carbocycles. The largest absolute Gasteiger partial charge is 0.353 e. The summed E-state index contributed by atoms with van der Waals surface area (Å²) in [6.45, 7) is 9.91. The SMILES string of the molecule is CC(C)CCCCn1ccnc1NC(C)C. The normalized spacial score (nSPS) is 11.4. The van der Waals surface area contributed by atoms with E-state index in [1.807, 2.05) is 6.20 Å². The van der Waals surface area contributed by atoms with Crippen LogP contribution in [-0.4, -0.2) is 15.6 Å². The fourth-order valence-corrected chi connectivity index (χ4v) is 1.72. The first-order valence-electron chi connectivity index (χ1n) is 6.37. The number of hydrogen-bond donors (Lipinski definition) is 1. The molecule has 0 aliphatic rings. The molecule has 0 unspecified atom stereocenters. The quantitative estimate of drug-likeness (QED) is 0.717. The maximum Gasteiger partial charge on any atom is 0.202 e. The van der Waals surface area contributed by atoms with Crippen LogP contribution in [0.2, 0.25) is 0 Å². The van der Waals surface area contributed by atoms with Gasteiger partial charge < -0.3 is 9.88 Å². The van der Waals surface area contributed by atoms with Gasteiger partial charge in [0.2, 0.25) is 5.95 Å². The Morgan fingerprint density at radius 1 is 1.25 bits per heavy atom. The number of rotatable bonds is 7. The van der Waals surface area contributed by atoms with Gasteiger partial charge in [-0.1, -0.05) is 26.7 Å². The molecule has 0 aliphatic carbocycles. The van der Waals surface area contributed by atoms with E-state index in [1.165, 1.54) is 19.3 Å². The second-order valence-electron chi connectivity index (χ2n) is 5.13. The lowest BCUT2D eigenvalue weighted by atomic mass is 10.1. The van der Waals surface area contributed by atoms with Crippen molar-refractivity contribution in [2.24, 2.45) is 5.92 Å². The van der Waals surface area contributed by atoms with Gasteiger partial charge in [0.15, 0.2) is 0 Å². The summed E-state index contributed by atoms with van der Waals surface area (Å²) in [7, 11) is 0. The molecular weight excluding hydrogens is 198 g/mol. The summed E-state index contributed by atoms with van der Waals surface area (Å²) in [6, 6.07) is 0.441. The van der Waals surface area contributed by atoms with Gasteiger partial charge in [-0.3, -0.25) is 0 Å². The van der Waals surface area contributed by atoms with Crippen molar-refractivity contribution < 1.29 is 0 Å². The fourth-order valence-electron chi connectivity index (χ4n) is 1.72. The molecule has 92 valence electrons. The number of aryl methyl sites for hydroxylation is 1. The van der Waals surface area contributed by atoms with Gasteiger partial charge >= 0.3 is 0 Å². The first kappa shape index (κ1) is 13.1. The molecule has 1 rings (SSSR count). The highest BCUT2D eigenvalue weighted by molar-refractivity contribution is 5.26. The maximum atomic E-state index is 4.32. The Balaban J connectivity index is 2.33. The minimum atomic E-state index is 0.441. The topological polar surface area (TPSA) is 29.9 Å². The van der Waals surface area contributed by atoms with Gasteiger partial charge in [-0.25, -0.2) is 4.98 Å². The van der Waals surface area contributed by atoms with Crippen LogP contribution < -0.4 is 5.32 Å². The van der Waals surface area contributed by atoms with E-state index >= 15 is 0 Å². The van der Waals surface area contributed by atoms with Gasteiger partial charge in [0.05, 0.1) is 0 Å². The molecule has 1 N–H and O–H groups in total. The Morgan fingerprint density at radius 3 is 2.62 bits per heavy atom. The first-order valence-corrected chi connectivity index (χ1v) is 6.37. The van der Waals surface area contributed by atoms with Gasteiger partial charge in [-0.15, -0.1) is 0 Å². The van der Waals surface area contributed by atoms with E-state index in [9.17, 15) is 0 Å². The Kier molecular flexibility index (Phi) is 5.36. The Labute approximate surface area is 99.3 Å². The van der Waals surface area contributed by atoms with E-state index in [0.29, 0.717) is 6.04 Å². The average Bonchev–Trinajstić information content (AvgIpc) is 2.59. The minimum Gasteiger partial charge on any atom is -0.353 e. The van der Waals surface area contributed by atoms with Crippen LogP contribution in [0.25, 0.3) is 0 Å². The zero-order valence-corrected chi connectivity index (χ0v) is 11.0. The molecule has 1 heterocycles. The molecule has 0 spiro atoms. The summed E-state index contributed by atoms with van der Waals surface area (Å²) in [6.07, 6.45) is 7.78. The summed E-state index contributed by atoms with van der Waals surface area (Å²) in [4.78, 5) is 4.32. The molecule has 3 heteroatoms. The molecule has 0 radical (unpaired) electrons. The van der Waals surface area contributed by atoms with Gasteiger partial charge in [0, 0.05) is 25.0 Å². The summed E-state index contributed by atoms with van der Waals surface area (Å²) in [5.74, 6) is 1.82. The number of anilines is 1. The molecular formula is C13H25N3. The van der Waals surface area contributed by atoms with Crippen molar-refractivity contribution in [2.75, 3.05) is 5.32 Å². The van der Waals surface area contributed by atoms with Crippen LogP contribution in [0.15, 0.2) is 12.4 Å². The molecule has 0 atom stereocenters. The maximum absolute atomic E-state index is 4.32. The fraction of sp³-hybridized carbons (Fsp3) is 0.769. The summed E-state index contributed by atoms with van der Waals surface area (Å²) >= 11 is 0. The third-order valence-electron chi connectivity index (χ3n) is 2.56. The number of nitrogens with zero attached hydrogens (tertiary/aromatic N) is 2. The van der Waals surface area contributed by atoms with Gasteiger partial charge in [-0.05, 0) is 26.2 Å². The summed E-state index contributed by atoms with van der Waals surface area (Å²) in [5, 5.41) is 3.35. The highest BCUT2D eigenvalue weighted by Crippen LogP contribution is 2.11. The van der Waals surface area contributed by atoms with E-state index in [0.717, 1.165) is 18.4 Å². The van der Waals surface area contributed by atoms with Crippen LogP contribution >= 0.6 is 0 Å². The highest BCUT2D eigenvalue weighted by Gasteiger charge is 2.03. The number of imidazole rings is 1. The van der Waals surface area contributed by atoms with E-state index in [4.69, 9.17) is 0 Å². The van der Waals surface area contributed by atoms with Gasteiger partial charge in [0.25, 0.3) is 0 Å². The van der Waals surface area contributed by atoms with Crippen LogP contribution in [0.5, 0.6) is 0 Å². The second-order valence-corrected chi connectivity index (χ2v) is 5.13. The number of unbranched alkanes of at least 4 members (excludes halogenated alkanes) is 1. The molecule has 16 heavy (non-hydrogen) atoms. The monoisotopic (exact) mass is 223 g/mol. The number of nitrogens with one attached hydrogen (secondary N) is 1. The van der Waals surface area contributed by atoms with E-state index in [1.54, 1.807) is 0 Å². The van der Waals surface area contributed by atoms with Gasteiger partial charge in [-0.2, -0.15) is 0 Å². The Morgan fingerprint density at radius 2 is 2.00 bits per heavy atom. The molecule has 0 fully saturated rings. The molecule has 1 aromatic rings. The number of hydrogen-bond acceptors (Lipinski definition) is 2. The molecule has 0 amide bonds. The van der Waals surface area contributed by atoms with Crippen molar-refractivity contribution >= 4 is 5.95 Å². The predicted octanol–water partition coefficient (Wildman–Crippen LogP) is 3.53. The Hall–Kier alpha value is -0.990. The third-order valence-corrected chi connectivity index (χ3v) is 2.56. The van der Waals surface area contributed by atoms with E-state index in [2.05, 4.69) is 48.8 Å². The molecule has 1 aromatic heterocycles. The summed E-state index contributed by atoms with van der Waals surface area (Å²) in [5.41, 5.74) is 0. The molecule has 0 bridgehead atoms. The van der Waals surface area contributed by atoms with Crippen LogP contribution in [0.3, 0.4) is 0 Å². The van der Waals surface area contributed by atoms with Crippen LogP contribution in [0, 0.1) is 5.92 Å². The second kappa shape index (κ2) is 6.56. The predicted molar refractivity (Wildman–Crippen MR) is 69.7 cm³/mol. The Bertz CT molecular complexity index is 289. The van der Waals surface area contributed by atoms with Crippen molar-refractivity contribution in [3.63, 3.8) is 0 Å². The number of aromatic nitrogens is 2. The molecule has 0 aliphatic heterocycles. The minimum absolute atomic E-state index is 0.441. The van der Waals surface area contributed by atoms with E-state index in [-0.39, 0.29) is 0 Å². The van der Waals surface area contributed by atoms with Crippen LogP contribution in [0.1, 0.15) is 47.0 Å². The summed E-state index contributed by atoms with van der Waals surface area (Å²) < 4.78 is 2.21. The zero-order valence-electron chi connectivity index (χ0n) is 11.0. The lowest BCUT2D eigenvalue weighted by Crippen LogP contribution is -2.14. The van der Waals surface area contributed by atoms with Crippen molar-refractivity contribution in [1.82, 2.24) is 9.55 Å². The zero-order chi connectivity index (χ0) is 12.0. The van der Waals surface area contributed by atoms with Crippen molar-refractivity contribution in [3.05, 3.63) is 12.4 Å². The van der Waals surface area contributed by atoms with Crippen molar-refractivity contribution in [2.45, 2.75) is 59.5 Å². The molecule has 0 aromatic carbocycles. The third kappa shape index (κ3) is 4.69. The standard InChI is InChI=1S/C13H25N3/c1-11(2)7-5-6-9-16-10-8-14-13(16)15-12(3)4/h8,10-12H,5-7,9H2,1-4H3,(H,14,15).